The van der Waals surface area contributed by atoms with E-state index in [0.29, 0.717) is 17.3 Å². The van der Waals surface area contributed by atoms with E-state index in [1.165, 1.54) is 0 Å². The lowest BCUT2D eigenvalue weighted by atomic mass is 9.93. The molecule has 1 aliphatic heterocycles. The maximum absolute atomic E-state index is 12.5. The van der Waals surface area contributed by atoms with Gasteiger partial charge in [-0.15, -0.1) is 0 Å². The number of hydrogen-bond donors (Lipinski definition) is 2. The molecule has 2 N–H and O–H groups in total. The fraction of sp³-hybridized carbons (Fsp3) is 0.412. The predicted molar refractivity (Wildman–Crippen MR) is 91.4 cm³/mol. The number of esters is 1. The van der Waals surface area contributed by atoms with Gasteiger partial charge in [0, 0.05) is 5.70 Å². The molecule has 0 radical (unpaired) electrons. The maximum Gasteiger partial charge on any atom is 0.338 e. The van der Waals surface area contributed by atoms with E-state index in [0.717, 1.165) is 29.7 Å². The van der Waals surface area contributed by atoms with Crippen LogP contribution in [-0.2, 0) is 9.53 Å². The molecule has 0 aliphatic carbocycles. The van der Waals surface area contributed by atoms with Crippen molar-refractivity contribution in [1.29, 1.82) is 0 Å². The summed E-state index contributed by atoms with van der Waals surface area (Å²) in [5.41, 5.74) is 3.64. The van der Waals surface area contributed by atoms with Crippen LogP contribution in [0.4, 0.5) is 0 Å². The number of rotatable bonds is 5. The Morgan fingerprint density at radius 2 is 2.14 bits per heavy atom. The molecule has 0 spiro atoms. The Bertz CT molecular complexity index is 610. The molecule has 0 aromatic heterocycles. The molecule has 1 heterocycles. The van der Waals surface area contributed by atoms with E-state index in [1.807, 2.05) is 32.0 Å². The van der Waals surface area contributed by atoms with Gasteiger partial charge in [0.1, 0.15) is 0 Å². The third kappa shape index (κ3) is 3.65. The zero-order chi connectivity index (χ0) is 16.1. The third-order valence-corrected chi connectivity index (χ3v) is 3.74. The fourth-order valence-corrected chi connectivity index (χ4v) is 2.86. The molecule has 0 saturated heterocycles. The SMILES string of the molecule is CCCC1=C(C(=O)OCC)C(c2cccc(C)c2)NC(=S)N1. The van der Waals surface area contributed by atoms with Gasteiger partial charge in [0.15, 0.2) is 5.11 Å². The molecule has 118 valence electrons. The van der Waals surface area contributed by atoms with Crippen LogP contribution in [0.2, 0.25) is 0 Å². The highest BCUT2D eigenvalue weighted by Crippen LogP contribution is 2.29. The molecule has 1 atom stereocenters. The Balaban J connectivity index is 2.49. The fourth-order valence-electron chi connectivity index (χ4n) is 2.61. The van der Waals surface area contributed by atoms with Crippen molar-refractivity contribution in [2.75, 3.05) is 6.61 Å². The molecule has 22 heavy (non-hydrogen) atoms. The van der Waals surface area contributed by atoms with E-state index in [-0.39, 0.29) is 12.0 Å². The van der Waals surface area contributed by atoms with Crippen LogP contribution in [0.1, 0.15) is 43.9 Å². The number of benzene rings is 1. The van der Waals surface area contributed by atoms with E-state index >= 15 is 0 Å². The van der Waals surface area contributed by atoms with Gasteiger partial charge in [0.25, 0.3) is 0 Å². The van der Waals surface area contributed by atoms with Gasteiger partial charge in [-0.25, -0.2) is 4.79 Å². The number of thiocarbonyl (C=S) groups is 1. The minimum atomic E-state index is -0.292. The molecule has 5 heteroatoms. The number of carbonyl (C=O) groups is 1. The normalized spacial score (nSPS) is 17.8. The van der Waals surface area contributed by atoms with Crippen LogP contribution in [0.15, 0.2) is 35.5 Å². The zero-order valence-corrected chi connectivity index (χ0v) is 14.0. The molecule has 0 saturated carbocycles. The first kappa shape index (κ1) is 16.5. The molecule has 4 nitrogen and oxygen atoms in total. The number of carbonyl (C=O) groups excluding carboxylic acids is 1. The summed E-state index contributed by atoms with van der Waals surface area (Å²) in [7, 11) is 0. The van der Waals surface area contributed by atoms with Gasteiger partial charge in [0.2, 0.25) is 0 Å². The predicted octanol–water partition coefficient (Wildman–Crippen LogP) is 3.13. The first-order valence-corrected chi connectivity index (χ1v) is 8.01. The first-order valence-electron chi connectivity index (χ1n) is 7.61. The van der Waals surface area contributed by atoms with Crippen molar-refractivity contribution >= 4 is 23.3 Å². The highest BCUT2D eigenvalue weighted by molar-refractivity contribution is 7.80. The van der Waals surface area contributed by atoms with E-state index < -0.39 is 0 Å². The van der Waals surface area contributed by atoms with Gasteiger partial charge >= 0.3 is 5.97 Å². The molecular weight excluding hydrogens is 296 g/mol. The van der Waals surface area contributed by atoms with E-state index in [1.54, 1.807) is 0 Å². The average Bonchev–Trinajstić information content (AvgIpc) is 2.47. The Labute approximate surface area is 136 Å². The minimum absolute atomic E-state index is 0.269. The van der Waals surface area contributed by atoms with E-state index in [9.17, 15) is 4.79 Å². The highest BCUT2D eigenvalue weighted by Gasteiger charge is 2.31. The van der Waals surface area contributed by atoms with Crippen LogP contribution < -0.4 is 10.6 Å². The Morgan fingerprint density at radius 1 is 1.36 bits per heavy atom. The van der Waals surface area contributed by atoms with Crippen molar-refractivity contribution in [2.24, 2.45) is 0 Å². The van der Waals surface area contributed by atoms with Crippen molar-refractivity contribution in [3.63, 3.8) is 0 Å². The van der Waals surface area contributed by atoms with Crippen LogP contribution in [0.5, 0.6) is 0 Å². The van der Waals surface area contributed by atoms with Crippen LogP contribution in [-0.4, -0.2) is 17.7 Å². The van der Waals surface area contributed by atoms with Gasteiger partial charge in [-0.3, -0.25) is 0 Å². The zero-order valence-electron chi connectivity index (χ0n) is 13.2. The summed E-state index contributed by atoms with van der Waals surface area (Å²) < 4.78 is 5.26. The quantitative estimate of drug-likeness (QED) is 0.645. The lowest BCUT2D eigenvalue weighted by Crippen LogP contribution is -2.45. The van der Waals surface area contributed by atoms with Crippen molar-refractivity contribution in [1.82, 2.24) is 10.6 Å². The first-order chi connectivity index (χ1) is 10.6. The summed E-state index contributed by atoms with van der Waals surface area (Å²) in [5, 5.41) is 6.86. The molecule has 0 amide bonds. The summed E-state index contributed by atoms with van der Waals surface area (Å²) in [6.07, 6.45) is 1.69. The lowest BCUT2D eigenvalue weighted by molar-refractivity contribution is -0.139. The second-order valence-corrected chi connectivity index (χ2v) is 5.72. The third-order valence-electron chi connectivity index (χ3n) is 3.52. The van der Waals surface area contributed by atoms with Crippen molar-refractivity contribution in [2.45, 2.75) is 39.7 Å². The molecular formula is C17H22N2O2S. The summed E-state index contributed by atoms with van der Waals surface area (Å²) >= 11 is 5.30. The van der Waals surface area contributed by atoms with E-state index in [4.69, 9.17) is 17.0 Å². The monoisotopic (exact) mass is 318 g/mol. The van der Waals surface area contributed by atoms with Crippen molar-refractivity contribution in [3.05, 3.63) is 46.7 Å². The Morgan fingerprint density at radius 3 is 2.77 bits per heavy atom. The molecule has 1 unspecified atom stereocenters. The molecule has 1 aliphatic rings. The van der Waals surface area contributed by atoms with Crippen LogP contribution in [0.3, 0.4) is 0 Å². The van der Waals surface area contributed by atoms with Crippen LogP contribution >= 0.6 is 12.2 Å². The summed E-state index contributed by atoms with van der Waals surface area (Å²) in [4.78, 5) is 12.5. The maximum atomic E-state index is 12.5. The number of hydrogen-bond acceptors (Lipinski definition) is 3. The molecule has 1 aromatic carbocycles. The number of nitrogens with one attached hydrogen (secondary N) is 2. The highest BCUT2D eigenvalue weighted by atomic mass is 32.1. The summed E-state index contributed by atoms with van der Waals surface area (Å²) in [5.74, 6) is -0.292. The summed E-state index contributed by atoms with van der Waals surface area (Å²) in [6, 6.07) is 7.81. The van der Waals surface area contributed by atoms with E-state index in [2.05, 4.69) is 23.6 Å². The van der Waals surface area contributed by atoms with Crippen molar-refractivity contribution in [3.8, 4) is 0 Å². The number of ether oxygens (including phenoxy) is 1. The molecule has 2 rings (SSSR count). The number of allylic oxidation sites excluding steroid dienone is 1. The molecule has 1 aromatic rings. The summed E-state index contributed by atoms with van der Waals surface area (Å²) in [6.45, 7) is 6.27. The van der Waals surface area contributed by atoms with Gasteiger partial charge in [-0.05, 0) is 38.0 Å². The Hall–Kier alpha value is -1.88. The molecule has 0 fully saturated rings. The van der Waals surface area contributed by atoms with Gasteiger partial charge in [0.05, 0.1) is 18.2 Å². The van der Waals surface area contributed by atoms with Gasteiger partial charge in [-0.1, -0.05) is 43.2 Å². The van der Waals surface area contributed by atoms with Crippen LogP contribution in [0.25, 0.3) is 0 Å². The second kappa shape index (κ2) is 7.40. The standard InChI is InChI=1S/C17H22N2O2S/c1-4-7-13-14(16(20)21-5-2)15(19-17(22)18-13)12-9-6-8-11(3)10-12/h6,8-10,15H,4-5,7H2,1-3H3,(H2,18,19,22). The lowest BCUT2D eigenvalue weighted by Gasteiger charge is -2.31. The minimum Gasteiger partial charge on any atom is -0.463 e. The molecule has 0 bridgehead atoms. The smallest absolute Gasteiger partial charge is 0.338 e. The number of aryl methyl sites for hydroxylation is 1. The second-order valence-electron chi connectivity index (χ2n) is 5.31. The van der Waals surface area contributed by atoms with Crippen molar-refractivity contribution < 1.29 is 9.53 Å². The largest absolute Gasteiger partial charge is 0.463 e. The topological polar surface area (TPSA) is 50.4 Å². The Kier molecular flexibility index (Phi) is 5.55. The van der Waals surface area contributed by atoms with Gasteiger partial charge < -0.3 is 15.4 Å². The van der Waals surface area contributed by atoms with Gasteiger partial charge in [-0.2, -0.15) is 0 Å². The average molecular weight is 318 g/mol. The van der Waals surface area contributed by atoms with Crippen LogP contribution in [0, 0.1) is 6.92 Å².